The SMILES string of the molecule is Cn1cc(C(=O)N2CC[C@]3(CCCN(C4CCCC4)C3=O)C2)ccc1=O. The Morgan fingerprint density at radius 1 is 1.08 bits per heavy atom. The molecule has 1 spiro atoms. The lowest BCUT2D eigenvalue weighted by Gasteiger charge is -2.42. The van der Waals surface area contributed by atoms with E-state index in [1.165, 1.54) is 23.5 Å². The molecule has 140 valence electrons. The second-order valence-electron chi connectivity index (χ2n) is 8.16. The molecule has 26 heavy (non-hydrogen) atoms. The molecule has 0 unspecified atom stereocenters. The van der Waals surface area contributed by atoms with Gasteiger partial charge < -0.3 is 14.4 Å². The van der Waals surface area contributed by atoms with Gasteiger partial charge >= 0.3 is 0 Å². The van der Waals surface area contributed by atoms with E-state index in [4.69, 9.17) is 0 Å². The van der Waals surface area contributed by atoms with Crippen LogP contribution in [0.2, 0.25) is 0 Å². The van der Waals surface area contributed by atoms with E-state index >= 15 is 0 Å². The maximum absolute atomic E-state index is 13.3. The number of rotatable bonds is 2. The number of hydrogen-bond acceptors (Lipinski definition) is 3. The molecule has 3 aliphatic rings. The first-order chi connectivity index (χ1) is 12.5. The van der Waals surface area contributed by atoms with Gasteiger partial charge in [-0.15, -0.1) is 0 Å². The van der Waals surface area contributed by atoms with Crippen LogP contribution in [-0.4, -0.2) is 51.9 Å². The third-order valence-corrected chi connectivity index (χ3v) is 6.51. The molecule has 1 atom stereocenters. The van der Waals surface area contributed by atoms with Crippen LogP contribution < -0.4 is 5.56 Å². The number of pyridine rings is 1. The Balaban J connectivity index is 1.51. The van der Waals surface area contributed by atoms with E-state index in [1.54, 1.807) is 24.2 Å². The Kier molecular flexibility index (Phi) is 4.37. The molecule has 0 aromatic carbocycles. The first-order valence-electron chi connectivity index (χ1n) is 9.77. The second kappa shape index (κ2) is 6.56. The summed E-state index contributed by atoms with van der Waals surface area (Å²) in [4.78, 5) is 41.6. The summed E-state index contributed by atoms with van der Waals surface area (Å²) in [7, 11) is 1.65. The quantitative estimate of drug-likeness (QED) is 0.811. The molecule has 0 N–H and O–H groups in total. The Morgan fingerprint density at radius 3 is 2.58 bits per heavy atom. The first kappa shape index (κ1) is 17.3. The number of aromatic nitrogens is 1. The number of hydrogen-bond donors (Lipinski definition) is 0. The molecule has 3 fully saturated rings. The summed E-state index contributed by atoms with van der Waals surface area (Å²) in [6.07, 6.45) is 8.95. The number of carbonyl (C=O) groups excluding carboxylic acids is 2. The lowest BCUT2D eigenvalue weighted by Crippen LogP contribution is -2.53. The lowest BCUT2D eigenvalue weighted by molar-refractivity contribution is -0.148. The predicted molar refractivity (Wildman–Crippen MR) is 97.8 cm³/mol. The molecule has 2 amide bonds. The molecule has 1 aliphatic carbocycles. The molecule has 4 rings (SSSR count). The van der Waals surface area contributed by atoms with Crippen molar-refractivity contribution in [2.75, 3.05) is 19.6 Å². The van der Waals surface area contributed by atoms with Gasteiger partial charge in [0.1, 0.15) is 0 Å². The highest BCUT2D eigenvalue weighted by atomic mass is 16.2. The number of aryl methyl sites for hydroxylation is 1. The van der Waals surface area contributed by atoms with Gasteiger partial charge in [-0.2, -0.15) is 0 Å². The van der Waals surface area contributed by atoms with Crippen molar-refractivity contribution in [2.24, 2.45) is 12.5 Å². The van der Waals surface area contributed by atoms with Crippen LogP contribution in [0, 0.1) is 5.41 Å². The van der Waals surface area contributed by atoms with Crippen LogP contribution >= 0.6 is 0 Å². The molecule has 6 heteroatoms. The Hall–Kier alpha value is -2.11. The average Bonchev–Trinajstić information content (AvgIpc) is 3.30. The van der Waals surface area contributed by atoms with Crippen LogP contribution in [-0.2, 0) is 11.8 Å². The third kappa shape index (κ3) is 2.85. The number of likely N-dealkylation sites (tertiary alicyclic amines) is 2. The van der Waals surface area contributed by atoms with E-state index in [-0.39, 0.29) is 17.4 Å². The van der Waals surface area contributed by atoms with Gasteiger partial charge in [0.25, 0.3) is 5.91 Å². The number of amides is 2. The van der Waals surface area contributed by atoms with E-state index in [0.29, 0.717) is 24.7 Å². The minimum absolute atomic E-state index is 0.0803. The molecule has 3 heterocycles. The number of carbonyl (C=O) groups is 2. The van der Waals surface area contributed by atoms with E-state index in [0.717, 1.165) is 38.6 Å². The maximum Gasteiger partial charge on any atom is 0.255 e. The zero-order chi connectivity index (χ0) is 18.3. The predicted octanol–water partition coefficient (Wildman–Crippen LogP) is 1.78. The van der Waals surface area contributed by atoms with Crippen molar-refractivity contribution in [3.63, 3.8) is 0 Å². The molecule has 6 nitrogen and oxygen atoms in total. The molecular weight excluding hydrogens is 330 g/mol. The third-order valence-electron chi connectivity index (χ3n) is 6.51. The highest BCUT2D eigenvalue weighted by Gasteiger charge is 2.50. The van der Waals surface area contributed by atoms with Gasteiger partial charge in [0.2, 0.25) is 11.5 Å². The number of piperidine rings is 1. The minimum Gasteiger partial charge on any atom is -0.339 e. The normalized spacial score (nSPS) is 26.9. The van der Waals surface area contributed by atoms with Gasteiger partial charge in [-0.05, 0) is 38.2 Å². The van der Waals surface area contributed by atoms with Crippen molar-refractivity contribution in [1.29, 1.82) is 0 Å². The highest BCUT2D eigenvalue weighted by Crippen LogP contribution is 2.42. The Labute approximate surface area is 153 Å². The summed E-state index contributed by atoms with van der Waals surface area (Å²) < 4.78 is 1.42. The smallest absolute Gasteiger partial charge is 0.255 e. The average molecular weight is 357 g/mol. The lowest BCUT2D eigenvalue weighted by atomic mass is 9.77. The van der Waals surface area contributed by atoms with Crippen LogP contribution in [0.25, 0.3) is 0 Å². The second-order valence-corrected chi connectivity index (χ2v) is 8.16. The van der Waals surface area contributed by atoms with Crippen molar-refractivity contribution in [1.82, 2.24) is 14.4 Å². The Bertz CT molecular complexity index is 781. The van der Waals surface area contributed by atoms with E-state index < -0.39 is 5.41 Å². The van der Waals surface area contributed by atoms with E-state index in [1.807, 2.05) is 0 Å². The zero-order valence-corrected chi connectivity index (χ0v) is 15.4. The van der Waals surface area contributed by atoms with Crippen LogP contribution in [0.4, 0.5) is 0 Å². The van der Waals surface area contributed by atoms with Crippen LogP contribution in [0.5, 0.6) is 0 Å². The van der Waals surface area contributed by atoms with Crippen LogP contribution in [0.15, 0.2) is 23.1 Å². The summed E-state index contributed by atoms with van der Waals surface area (Å²) in [5, 5.41) is 0. The fourth-order valence-electron chi connectivity index (χ4n) is 4.99. The van der Waals surface area contributed by atoms with Gasteiger partial charge in [-0.1, -0.05) is 12.8 Å². The summed E-state index contributed by atoms with van der Waals surface area (Å²) in [6, 6.07) is 3.42. The molecule has 1 aromatic heterocycles. The topological polar surface area (TPSA) is 62.6 Å². The van der Waals surface area contributed by atoms with Gasteiger partial charge in [0.15, 0.2) is 0 Å². The van der Waals surface area contributed by atoms with Crippen molar-refractivity contribution < 1.29 is 9.59 Å². The van der Waals surface area contributed by atoms with E-state index in [9.17, 15) is 14.4 Å². The summed E-state index contributed by atoms with van der Waals surface area (Å²) in [5.41, 5.74) is -0.00822. The van der Waals surface area contributed by atoms with Crippen molar-refractivity contribution in [3.8, 4) is 0 Å². The fourth-order valence-corrected chi connectivity index (χ4v) is 4.99. The van der Waals surface area contributed by atoms with Crippen LogP contribution in [0.3, 0.4) is 0 Å². The fraction of sp³-hybridized carbons (Fsp3) is 0.650. The van der Waals surface area contributed by atoms with Gasteiger partial charge in [-0.3, -0.25) is 14.4 Å². The molecule has 2 aliphatic heterocycles. The molecule has 1 aromatic rings. The molecular formula is C20H27N3O3. The minimum atomic E-state index is -0.392. The van der Waals surface area contributed by atoms with Crippen LogP contribution in [0.1, 0.15) is 55.3 Å². The van der Waals surface area contributed by atoms with Crippen molar-refractivity contribution in [3.05, 3.63) is 34.2 Å². The van der Waals surface area contributed by atoms with Crippen molar-refractivity contribution in [2.45, 2.75) is 51.0 Å². The maximum atomic E-state index is 13.3. The first-order valence-corrected chi connectivity index (χ1v) is 9.77. The van der Waals surface area contributed by atoms with Crippen molar-refractivity contribution >= 4 is 11.8 Å². The molecule has 1 saturated carbocycles. The standard InChI is InChI=1S/C20H27N3O3/c1-21-13-15(7-8-17(21)24)18(25)22-12-10-20(14-22)9-4-11-23(19(20)26)16-5-2-3-6-16/h7-8,13,16H,2-6,9-12,14H2,1H3/t20-/m1/s1. The monoisotopic (exact) mass is 357 g/mol. The van der Waals surface area contributed by atoms with Gasteiger partial charge in [0, 0.05) is 45.0 Å². The van der Waals surface area contributed by atoms with Gasteiger partial charge in [-0.25, -0.2) is 0 Å². The molecule has 0 bridgehead atoms. The largest absolute Gasteiger partial charge is 0.339 e. The highest BCUT2D eigenvalue weighted by molar-refractivity contribution is 5.95. The molecule has 0 radical (unpaired) electrons. The summed E-state index contributed by atoms with van der Waals surface area (Å²) >= 11 is 0. The summed E-state index contributed by atoms with van der Waals surface area (Å²) in [5.74, 6) is 0.190. The molecule has 2 saturated heterocycles. The number of nitrogens with zero attached hydrogens (tertiary/aromatic N) is 3. The summed E-state index contributed by atoms with van der Waals surface area (Å²) in [6.45, 7) is 2.00. The zero-order valence-electron chi connectivity index (χ0n) is 15.4. The Morgan fingerprint density at radius 2 is 1.85 bits per heavy atom. The van der Waals surface area contributed by atoms with E-state index in [2.05, 4.69) is 4.90 Å². The van der Waals surface area contributed by atoms with Gasteiger partial charge in [0.05, 0.1) is 11.0 Å².